The second-order valence-electron chi connectivity index (χ2n) is 7.50. The number of anilines is 1. The lowest BCUT2D eigenvalue weighted by Gasteiger charge is -2.11. The van der Waals surface area contributed by atoms with E-state index in [2.05, 4.69) is 21.4 Å². The van der Waals surface area contributed by atoms with Crippen LogP contribution < -0.4 is 5.32 Å². The Morgan fingerprint density at radius 2 is 2.12 bits per heavy atom. The number of ether oxygens (including phenoxy) is 1. The molecule has 10 heteroatoms. The lowest BCUT2D eigenvalue weighted by molar-refractivity contribution is -0.119. The lowest BCUT2D eigenvalue weighted by Crippen LogP contribution is -2.22. The molecule has 0 bridgehead atoms. The number of hydrogen-bond donors (Lipinski definition) is 1. The summed E-state index contributed by atoms with van der Waals surface area (Å²) in [4.78, 5) is 35.2. The molecule has 0 atom stereocenters. The van der Waals surface area contributed by atoms with E-state index >= 15 is 0 Å². The standard InChI is InChI=1S/C23H22N4O4S2/c1-13-19(22(32-2)27-20(25-13)16-8-6-10-30-16)23(29)31-12-18(28)26-21-15(11-24)14-7-4-3-5-9-17(14)33-21/h6,8,10H,3-5,7,9,12H2,1-2H3,(H,26,28). The van der Waals surface area contributed by atoms with Crippen molar-refractivity contribution in [1.29, 1.82) is 5.26 Å². The van der Waals surface area contributed by atoms with Gasteiger partial charge in [-0.1, -0.05) is 6.42 Å². The van der Waals surface area contributed by atoms with E-state index in [4.69, 9.17) is 9.15 Å². The molecule has 170 valence electrons. The van der Waals surface area contributed by atoms with E-state index in [9.17, 15) is 14.9 Å². The van der Waals surface area contributed by atoms with Crippen LogP contribution in [0.5, 0.6) is 0 Å². The third-order valence-electron chi connectivity index (χ3n) is 5.32. The monoisotopic (exact) mass is 482 g/mol. The van der Waals surface area contributed by atoms with Crippen LogP contribution in [-0.2, 0) is 22.4 Å². The minimum atomic E-state index is -0.680. The number of aryl methyl sites for hydroxylation is 2. The number of nitriles is 1. The molecule has 8 nitrogen and oxygen atoms in total. The van der Waals surface area contributed by atoms with Gasteiger partial charge in [0.05, 0.1) is 17.5 Å². The Kier molecular flexibility index (Phi) is 7.11. The van der Waals surface area contributed by atoms with Gasteiger partial charge in [0, 0.05) is 4.88 Å². The van der Waals surface area contributed by atoms with Crippen LogP contribution in [0.4, 0.5) is 5.00 Å². The second-order valence-corrected chi connectivity index (χ2v) is 9.40. The largest absolute Gasteiger partial charge is 0.461 e. The Hall–Kier alpha value is -3.16. The predicted octanol–water partition coefficient (Wildman–Crippen LogP) is 4.76. The van der Waals surface area contributed by atoms with Crippen molar-refractivity contribution in [2.75, 3.05) is 18.2 Å². The van der Waals surface area contributed by atoms with Crippen molar-refractivity contribution in [3.05, 3.63) is 45.7 Å². The summed E-state index contributed by atoms with van der Waals surface area (Å²) in [5.74, 6) is -0.304. The first-order valence-corrected chi connectivity index (χ1v) is 12.5. The molecule has 0 saturated heterocycles. The van der Waals surface area contributed by atoms with Gasteiger partial charge in [0.15, 0.2) is 18.2 Å². The van der Waals surface area contributed by atoms with Crippen LogP contribution in [-0.4, -0.2) is 34.7 Å². The van der Waals surface area contributed by atoms with E-state index in [-0.39, 0.29) is 5.56 Å². The van der Waals surface area contributed by atoms with E-state index < -0.39 is 18.5 Å². The Morgan fingerprint density at radius 3 is 2.85 bits per heavy atom. The van der Waals surface area contributed by atoms with Crippen molar-refractivity contribution in [2.24, 2.45) is 0 Å². The number of nitrogens with one attached hydrogen (secondary N) is 1. The Morgan fingerprint density at radius 1 is 1.30 bits per heavy atom. The molecule has 3 aromatic heterocycles. The lowest BCUT2D eigenvalue weighted by atomic mass is 10.1. The van der Waals surface area contributed by atoms with Gasteiger partial charge in [-0.3, -0.25) is 4.79 Å². The molecule has 33 heavy (non-hydrogen) atoms. The Labute approximate surface area is 199 Å². The molecule has 1 amide bonds. The summed E-state index contributed by atoms with van der Waals surface area (Å²) < 4.78 is 10.6. The first-order chi connectivity index (χ1) is 16.0. The normalized spacial score (nSPS) is 13.0. The number of carbonyl (C=O) groups excluding carboxylic acids is 2. The number of fused-ring (bicyclic) bond motifs is 1. The van der Waals surface area contributed by atoms with Crippen molar-refractivity contribution in [1.82, 2.24) is 9.97 Å². The fourth-order valence-corrected chi connectivity index (χ4v) is 5.63. The van der Waals surface area contributed by atoms with Crippen LogP contribution in [0.1, 0.15) is 51.3 Å². The third-order valence-corrected chi connectivity index (χ3v) is 7.21. The summed E-state index contributed by atoms with van der Waals surface area (Å²) in [5, 5.41) is 13.3. The molecule has 0 fully saturated rings. The van der Waals surface area contributed by atoms with Gasteiger partial charge < -0.3 is 14.5 Å². The first kappa shape index (κ1) is 23.0. The van der Waals surface area contributed by atoms with Gasteiger partial charge in [0.25, 0.3) is 5.91 Å². The number of aromatic nitrogens is 2. The van der Waals surface area contributed by atoms with Crippen molar-refractivity contribution in [3.8, 4) is 17.7 Å². The fraction of sp³-hybridized carbons (Fsp3) is 0.348. The maximum Gasteiger partial charge on any atom is 0.343 e. The minimum absolute atomic E-state index is 0.214. The SMILES string of the molecule is CSc1nc(-c2ccco2)nc(C)c1C(=O)OCC(=O)Nc1sc2c(c1C#N)CCCCC2. The molecule has 3 aromatic rings. The van der Waals surface area contributed by atoms with Crippen molar-refractivity contribution < 1.29 is 18.7 Å². The fourth-order valence-electron chi connectivity index (χ4n) is 3.76. The van der Waals surface area contributed by atoms with Crippen molar-refractivity contribution in [2.45, 2.75) is 44.1 Å². The maximum absolute atomic E-state index is 12.8. The molecule has 1 N–H and O–H groups in total. The van der Waals surface area contributed by atoms with E-state index in [0.29, 0.717) is 32.9 Å². The maximum atomic E-state index is 12.8. The second kappa shape index (κ2) is 10.2. The highest BCUT2D eigenvalue weighted by molar-refractivity contribution is 7.98. The molecule has 0 aromatic carbocycles. The average molecular weight is 483 g/mol. The Balaban J connectivity index is 1.45. The van der Waals surface area contributed by atoms with E-state index in [0.717, 1.165) is 42.5 Å². The summed E-state index contributed by atoms with van der Waals surface area (Å²) in [6.45, 7) is 1.21. The summed E-state index contributed by atoms with van der Waals surface area (Å²) in [6, 6.07) is 5.70. The zero-order valence-electron chi connectivity index (χ0n) is 18.3. The van der Waals surface area contributed by atoms with Crippen LogP contribution >= 0.6 is 23.1 Å². The van der Waals surface area contributed by atoms with Gasteiger partial charge in [-0.2, -0.15) is 5.26 Å². The third kappa shape index (κ3) is 4.94. The number of nitrogens with zero attached hydrogens (tertiary/aromatic N) is 3. The minimum Gasteiger partial charge on any atom is -0.461 e. The molecule has 4 rings (SSSR count). The Bertz CT molecular complexity index is 1230. The van der Waals surface area contributed by atoms with Crippen LogP contribution in [0.15, 0.2) is 27.8 Å². The number of thiophene rings is 1. The van der Waals surface area contributed by atoms with Gasteiger partial charge >= 0.3 is 5.97 Å². The summed E-state index contributed by atoms with van der Waals surface area (Å²) in [6.07, 6.45) is 8.36. The molecule has 0 saturated carbocycles. The number of esters is 1. The van der Waals surface area contributed by atoms with Crippen LogP contribution in [0.3, 0.4) is 0 Å². The van der Waals surface area contributed by atoms with E-state index in [1.807, 2.05) is 0 Å². The van der Waals surface area contributed by atoms with Crippen LogP contribution in [0, 0.1) is 18.3 Å². The quantitative estimate of drug-likeness (QED) is 0.231. The highest BCUT2D eigenvalue weighted by atomic mass is 32.2. The van der Waals surface area contributed by atoms with Crippen molar-refractivity contribution in [3.63, 3.8) is 0 Å². The first-order valence-electron chi connectivity index (χ1n) is 10.5. The number of furan rings is 1. The molecule has 1 aliphatic carbocycles. The highest BCUT2D eigenvalue weighted by Gasteiger charge is 2.24. The molecule has 0 radical (unpaired) electrons. The zero-order chi connectivity index (χ0) is 23.4. The van der Waals surface area contributed by atoms with Crippen molar-refractivity contribution >= 4 is 40.0 Å². The molecular formula is C23H22N4O4S2. The summed E-state index contributed by atoms with van der Waals surface area (Å²) in [7, 11) is 0. The molecule has 0 aliphatic heterocycles. The highest BCUT2D eigenvalue weighted by Crippen LogP contribution is 2.37. The van der Waals surface area contributed by atoms with Gasteiger partial charge in [0.2, 0.25) is 0 Å². The van der Waals surface area contributed by atoms with Gasteiger partial charge in [0.1, 0.15) is 21.7 Å². The molecule has 0 spiro atoms. The number of thioether (sulfide) groups is 1. The zero-order valence-corrected chi connectivity index (χ0v) is 19.9. The summed E-state index contributed by atoms with van der Waals surface area (Å²) in [5.41, 5.74) is 2.21. The topological polar surface area (TPSA) is 118 Å². The predicted molar refractivity (Wildman–Crippen MR) is 125 cm³/mol. The number of hydrogen-bond acceptors (Lipinski definition) is 9. The molecule has 3 heterocycles. The molecule has 0 unspecified atom stereocenters. The van der Waals surface area contributed by atoms with E-state index in [1.165, 1.54) is 29.4 Å². The smallest absolute Gasteiger partial charge is 0.343 e. The summed E-state index contributed by atoms with van der Waals surface area (Å²) >= 11 is 2.72. The number of rotatable bonds is 6. The van der Waals surface area contributed by atoms with Crippen LogP contribution in [0.25, 0.3) is 11.6 Å². The van der Waals surface area contributed by atoms with Gasteiger partial charge in [-0.15, -0.1) is 23.1 Å². The van der Waals surface area contributed by atoms with Crippen LogP contribution in [0.2, 0.25) is 0 Å². The molecular weight excluding hydrogens is 460 g/mol. The molecule has 1 aliphatic rings. The van der Waals surface area contributed by atoms with Gasteiger partial charge in [-0.25, -0.2) is 14.8 Å². The van der Waals surface area contributed by atoms with Gasteiger partial charge in [-0.05, 0) is 56.6 Å². The van der Waals surface area contributed by atoms with E-state index in [1.54, 1.807) is 25.3 Å². The number of amides is 1. The number of carbonyl (C=O) groups is 2. The average Bonchev–Trinajstić information content (AvgIpc) is 3.39.